The van der Waals surface area contributed by atoms with Crippen molar-refractivity contribution in [1.29, 1.82) is 0 Å². The van der Waals surface area contributed by atoms with E-state index < -0.39 is 0 Å². The Morgan fingerprint density at radius 1 is 1.65 bits per heavy atom. The Balaban J connectivity index is 1.76. The Hall–Kier alpha value is -0.880. The lowest BCUT2D eigenvalue weighted by molar-refractivity contribution is -0.109. The topological polar surface area (TPSA) is 68.0 Å². The Kier molecular flexibility index (Phi) is 4.17. The molecular weight excluding hydrogens is 238 g/mol. The quantitative estimate of drug-likeness (QED) is 0.851. The molecule has 1 aliphatic carbocycles. The summed E-state index contributed by atoms with van der Waals surface area (Å²) in [6.07, 6.45) is 4.62. The molecular formula is C11H17N3O2S. The van der Waals surface area contributed by atoms with Crippen molar-refractivity contribution >= 4 is 16.9 Å². The molecule has 0 radical (unpaired) electrons. The molecule has 0 atom stereocenters. The van der Waals surface area contributed by atoms with E-state index in [4.69, 9.17) is 5.11 Å². The highest BCUT2D eigenvalue weighted by Gasteiger charge is 2.31. The molecule has 1 saturated carbocycles. The lowest BCUT2D eigenvalue weighted by Crippen LogP contribution is -2.29. The molecule has 0 aliphatic heterocycles. The maximum Gasteiger partial charge on any atom is 0.185 e. The average molecular weight is 255 g/mol. The van der Waals surface area contributed by atoms with Crippen molar-refractivity contribution in [2.45, 2.75) is 32.2 Å². The van der Waals surface area contributed by atoms with Crippen LogP contribution in [0.2, 0.25) is 0 Å². The molecule has 0 amide bonds. The molecule has 0 unspecified atom stereocenters. The number of rotatable bonds is 5. The van der Waals surface area contributed by atoms with E-state index in [0.717, 1.165) is 24.3 Å². The van der Waals surface area contributed by atoms with E-state index in [-0.39, 0.29) is 11.7 Å². The Morgan fingerprint density at radius 2 is 2.41 bits per heavy atom. The lowest BCUT2D eigenvalue weighted by atomic mass is 9.82. The highest BCUT2D eigenvalue weighted by Crippen LogP contribution is 2.39. The minimum atomic E-state index is 0.112. The second-order valence-corrected chi connectivity index (χ2v) is 5.65. The third-order valence-electron chi connectivity index (χ3n) is 3.03. The molecule has 0 spiro atoms. The maximum atomic E-state index is 10.8. The van der Waals surface area contributed by atoms with E-state index in [1.165, 1.54) is 11.8 Å². The van der Waals surface area contributed by atoms with E-state index in [9.17, 15) is 4.79 Å². The third kappa shape index (κ3) is 3.29. The Labute approximate surface area is 105 Å². The zero-order chi connectivity index (χ0) is 12.3. The van der Waals surface area contributed by atoms with Gasteiger partial charge in [-0.2, -0.15) is 0 Å². The molecule has 1 aromatic rings. The molecule has 6 heteroatoms. The second-order valence-electron chi connectivity index (χ2n) is 4.46. The van der Waals surface area contributed by atoms with Gasteiger partial charge >= 0.3 is 0 Å². The van der Waals surface area contributed by atoms with Crippen LogP contribution in [0, 0.1) is 5.92 Å². The van der Waals surface area contributed by atoms with Gasteiger partial charge in [0.15, 0.2) is 5.12 Å². The van der Waals surface area contributed by atoms with Crippen molar-refractivity contribution in [2.75, 3.05) is 12.4 Å². The largest absolute Gasteiger partial charge is 0.396 e. The van der Waals surface area contributed by atoms with E-state index in [1.54, 1.807) is 6.92 Å². The van der Waals surface area contributed by atoms with Gasteiger partial charge in [-0.05, 0) is 18.8 Å². The fraction of sp³-hybridized carbons (Fsp3) is 0.727. The van der Waals surface area contributed by atoms with Crippen molar-refractivity contribution in [1.82, 2.24) is 15.0 Å². The second kappa shape index (κ2) is 5.64. The number of thioether (sulfide) groups is 1. The number of aliphatic hydroxyl groups is 1. The van der Waals surface area contributed by atoms with Crippen LogP contribution in [0.25, 0.3) is 0 Å². The van der Waals surface area contributed by atoms with Crippen LogP contribution in [0.4, 0.5) is 0 Å². The highest BCUT2D eigenvalue weighted by molar-refractivity contribution is 8.13. The average Bonchev–Trinajstić information content (AvgIpc) is 2.64. The molecule has 0 saturated heterocycles. The first kappa shape index (κ1) is 12.6. The molecule has 1 N–H and O–H groups in total. The van der Waals surface area contributed by atoms with Gasteiger partial charge in [-0.1, -0.05) is 17.0 Å². The van der Waals surface area contributed by atoms with Crippen molar-refractivity contribution in [3.05, 3.63) is 11.9 Å². The van der Waals surface area contributed by atoms with Crippen LogP contribution < -0.4 is 0 Å². The summed E-state index contributed by atoms with van der Waals surface area (Å²) in [5.41, 5.74) is 0.842. The molecule has 0 aromatic carbocycles. The van der Waals surface area contributed by atoms with Gasteiger partial charge in [-0.25, -0.2) is 4.68 Å². The van der Waals surface area contributed by atoms with Gasteiger partial charge < -0.3 is 5.11 Å². The van der Waals surface area contributed by atoms with Crippen molar-refractivity contribution < 1.29 is 9.90 Å². The fourth-order valence-corrected chi connectivity index (χ4v) is 2.75. The molecule has 1 fully saturated rings. The van der Waals surface area contributed by atoms with Crippen molar-refractivity contribution in [3.63, 3.8) is 0 Å². The number of aromatic nitrogens is 3. The molecule has 0 bridgehead atoms. The van der Waals surface area contributed by atoms with Gasteiger partial charge in [0.25, 0.3) is 0 Å². The Bertz CT molecular complexity index is 388. The van der Waals surface area contributed by atoms with E-state index in [2.05, 4.69) is 10.3 Å². The summed E-state index contributed by atoms with van der Waals surface area (Å²) < 4.78 is 1.89. The summed E-state index contributed by atoms with van der Waals surface area (Å²) in [4.78, 5) is 10.8. The van der Waals surface area contributed by atoms with Crippen molar-refractivity contribution in [3.8, 4) is 0 Å². The summed E-state index contributed by atoms with van der Waals surface area (Å²) in [5, 5.41) is 17.1. The van der Waals surface area contributed by atoms with Crippen LogP contribution in [0.3, 0.4) is 0 Å². The number of aliphatic hydroxyl groups excluding tert-OH is 1. The van der Waals surface area contributed by atoms with Gasteiger partial charge in [-0.15, -0.1) is 5.10 Å². The van der Waals surface area contributed by atoms with E-state index in [1.807, 2.05) is 10.9 Å². The fourth-order valence-electron chi connectivity index (χ4n) is 2.01. The van der Waals surface area contributed by atoms with E-state index in [0.29, 0.717) is 18.4 Å². The Morgan fingerprint density at radius 3 is 3.06 bits per heavy atom. The molecule has 94 valence electrons. The van der Waals surface area contributed by atoms with Crippen LogP contribution >= 0.6 is 11.8 Å². The number of nitrogens with zero attached hydrogens (tertiary/aromatic N) is 3. The van der Waals surface area contributed by atoms with Gasteiger partial charge in [0.1, 0.15) is 0 Å². The molecule has 1 heterocycles. The number of hydrogen-bond acceptors (Lipinski definition) is 5. The maximum absolute atomic E-state index is 10.8. The summed E-state index contributed by atoms with van der Waals surface area (Å²) in [6, 6.07) is 0.424. The van der Waals surface area contributed by atoms with Crippen LogP contribution in [0.1, 0.15) is 31.5 Å². The summed E-state index contributed by atoms with van der Waals surface area (Å²) >= 11 is 1.41. The minimum absolute atomic E-state index is 0.112. The summed E-state index contributed by atoms with van der Waals surface area (Å²) in [7, 11) is 0. The summed E-state index contributed by atoms with van der Waals surface area (Å²) in [5.74, 6) is 1.55. The zero-order valence-electron chi connectivity index (χ0n) is 9.87. The van der Waals surface area contributed by atoms with Gasteiger partial charge in [-0.3, -0.25) is 4.79 Å². The van der Waals surface area contributed by atoms with Crippen LogP contribution in [-0.4, -0.2) is 37.6 Å². The van der Waals surface area contributed by atoms with Crippen LogP contribution in [0.15, 0.2) is 6.20 Å². The van der Waals surface area contributed by atoms with E-state index >= 15 is 0 Å². The number of carbonyl (C=O) groups excluding carboxylic acids is 1. The normalized spacial score (nSPS) is 23.4. The predicted molar refractivity (Wildman–Crippen MR) is 65.7 cm³/mol. The number of carbonyl (C=O) groups is 1. The third-order valence-corrected chi connectivity index (χ3v) is 4.08. The monoisotopic (exact) mass is 255 g/mol. The zero-order valence-corrected chi connectivity index (χ0v) is 10.7. The van der Waals surface area contributed by atoms with Crippen LogP contribution in [0.5, 0.6) is 0 Å². The highest BCUT2D eigenvalue weighted by atomic mass is 32.2. The predicted octanol–water partition coefficient (Wildman–Crippen LogP) is 1.04. The first-order valence-corrected chi connectivity index (χ1v) is 6.82. The molecule has 1 aromatic heterocycles. The molecule has 5 nitrogen and oxygen atoms in total. The molecule has 17 heavy (non-hydrogen) atoms. The van der Waals surface area contributed by atoms with Gasteiger partial charge in [0, 0.05) is 31.9 Å². The standard InChI is InChI=1S/C11H17N3O2S/c1-8(16)17-7-9-4-11(5-9)14-6-10(2-3-15)12-13-14/h6,9,11,15H,2-5,7H2,1H3. The van der Waals surface area contributed by atoms with Crippen LogP contribution in [-0.2, 0) is 11.2 Å². The molecule has 2 rings (SSSR count). The summed E-state index contributed by atoms with van der Waals surface area (Å²) in [6.45, 7) is 1.72. The van der Waals surface area contributed by atoms with Crippen molar-refractivity contribution in [2.24, 2.45) is 5.92 Å². The molecule has 1 aliphatic rings. The minimum Gasteiger partial charge on any atom is -0.396 e. The first-order valence-electron chi connectivity index (χ1n) is 5.84. The number of hydrogen-bond donors (Lipinski definition) is 1. The lowest BCUT2D eigenvalue weighted by Gasteiger charge is -2.34. The first-order chi connectivity index (χ1) is 8.19. The van der Waals surface area contributed by atoms with Gasteiger partial charge in [0.05, 0.1) is 11.7 Å². The van der Waals surface area contributed by atoms with Gasteiger partial charge in [0.2, 0.25) is 0 Å². The SMILES string of the molecule is CC(=O)SCC1CC(n2cc(CCO)nn2)C1. The smallest absolute Gasteiger partial charge is 0.185 e.